The Labute approximate surface area is 128 Å². The Morgan fingerprint density at radius 3 is 2.87 bits per heavy atom. The lowest BCUT2D eigenvalue weighted by atomic mass is 10.2. The van der Waals surface area contributed by atoms with E-state index in [1.807, 2.05) is 0 Å². The fourth-order valence-corrected chi connectivity index (χ4v) is 1.84. The second kappa shape index (κ2) is 5.67. The van der Waals surface area contributed by atoms with Crippen molar-refractivity contribution < 1.29 is 14.1 Å². The second-order valence-electron chi connectivity index (χ2n) is 4.55. The van der Waals surface area contributed by atoms with Gasteiger partial charge in [-0.15, -0.1) is 5.10 Å². The first-order valence-electron chi connectivity index (χ1n) is 6.42. The maximum absolute atomic E-state index is 12.1. The number of benzene rings is 1. The number of carbonyl (C=O) groups excluding carboxylic acids is 1. The number of carbonyl (C=O) groups is 1. The molecule has 0 bridgehead atoms. The molecule has 0 fully saturated rings. The minimum absolute atomic E-state index is 0.108. The summed E-state index contributed by atoms with van der Waals surface area (Å²) in [5, 5.41) is 24.7. The van der Waals surface area contributed by atoms with E-state index in [0.717, 1.165) is 6.07 Å². The Bertz CT molecular complexity index is 884. The zero-order valence-electron chi connectivity index (χ0n) is 11.8. The Morgan fingerprint density at radius 2 is 2.17 bits per heavy atom. The first-order valence-corrected chi connectivity index (χ1v) is 6.42. The monoisotopic (exact) mass is 314 g/mol. The summed E-state index contributed by atoms with van der Waals surface area (Å²) >= 11 is 0. The van der Waals surface area contributed by atoms with Crippen LogP contribution in [-0.4, -0.2) is 30.8 Å². The van der Waals surface area contributed by atoms with Gasteiger partial charge in [-0.2, -0.15) is 5.10 Å². The van der Waals surface area contributed by atoms with E-state index in [0.29, 0.717) is 5.69 Å². The third kappa shape index (κ3) is 3.05. The fourth-order valence-electron chi connectivity index (χ4n) is 1.84. The van der Waals surface area contributed by atoms with Gasteiger partial charge in [0, 0.05) is 30.9 Å². The summed E-state index contributed by atoms with van der Waals surface area (Å²) in [5.74, 6) is -0.440. The molecule has 0 saturated carbocycles. The molecule has 0 spiro atoms. The first kappa shape index (κ1) is 14.4. The van der Waals surface area contributed by atoms with E-state index in [2.05, 4.69) is 20.6 Å². The molecule has 0 aliphatic carbocycles. The van der Waals surface area contributed by atoms with Gasteiger partial charge in [0.05, 0.1) is 4.92 Å². The lowest BCUT2D eigenvalue weighted by Crippen LogP contribution is -2.12. The van der Waals surface area contributed by atoms with Gasteiger partial charge >= 0.3 is 6.01 Å². The SMILES string of the molecule is Cn1ccc(-c2nnc(NC(=O)c3cccc([N+](=O)[O-])c3)o2)n1. The predicted octanol–water partition coefficient (Wildman–Crippen LogP) is 1.63. The van der Waals surface area contributed by atoms with E-state index < -0.39 is 10.8 Å². The molecule has 10 heteroatoms. The number of hydrogen-bond acceptors (Lipinski definition) is 7. The number of anilines is 1. The van der Waals surface area contributed by atoms with Crippen LogP contribution in [0.1, 0.15) is 10.4 Å². The van der Waals surface area contributed by atoms with Crippen LogP contribution in [0, 0.1) is 10.1 Å². The molecule has 1 amide bonds. The molecule has 0 saturated heterocycles. The van der Waals surface area contributed by atoms with Gasteiger partial charge in [-0.1, -0.05) is 11.2 Å². The number of non-ortho nitro benzene ring substituents is 1. The molecule has 3 aromatic rings. The highest BCUT2D eigenvalue weighted by Crippen LogP contribution is 2.18. The average molecular weight is 314 g/mol. The topological polar surface area (TPSA) is 129 Å². The summed E-state index contributed by atoms with van der Waals surface area (Å²) in [6.07, 6.45) is 1.71. The Hall–Kier alpha value is -3.56. The van der Waals surface area contributed by atoms with Crippen LogP contribution in [0.4, 0.5) is 11.7 Å². The van der Waals surface area contributed by atoms with Crippen molar-refractivity contribution >= 4 is 17.6 Å². The smallest absolute Gasteiger partial charge is 0.322 e. The van der Waals surface area contributed by atoms with Crippen molar-refractivity contribution in [3.8, 4) is 11.6 Å². The molecular weight excluding hydrogens is 304 g/mol. The zero-order valence-corrected chi connectivity index (χ0v) is 11.8. The highest BCUT2D eigenvalue weighted by atomic mass is 16.6. The van der Waals surface area contributed by atoms with Gasteiger partial charge in [0.15, 0.2) is 0 Å². The summed E-state index contributed by atoms with van der Waals surface area (Å²) in [4.78, 5) is 22.2. The average Bonchev–Trinajstić information content (AvgIpc) is 3.16. The Balaban J connectivity index is 1.77. The molecule has 0 atom stereocenters. The minimum Gasteiger partial charge on any atom is -0.401 e. The maximum atomic E-state index is 12.1. The summed E-state index contributed by atoms with van der Waals surface area (Å²) in [7, 11) is 1.74. The van der Waals surface area contributed by atoms with Crippen LogP contribution in [0.25, 0.3) is 11.6 Å². The number of nitrogens with zero attached hydrogens (tertiary/aromatic N) is 5. The lowest BCUT2D eigenvalue weighted by molar-refractivity contribution is -0.384. The lowest BCUT2D eigenvalue weighted by Gasteiger charge is -2.00. The molecule has 0 aliphatic rings. The van der Waals surface area contributed by atoms with E-state index in [4.69, 9.17) is 4.42 Å². The maximum Gasteiger partial charge on any atom is 0.322 e. The van der Waals surface area contributed by atoms with Gasteiger partial charge in [0.25, 0.3) is 17.5 Å². The normalized spacial score (nSPS) is 10.5. The molecule has 0 radical (unpaired) electrons. The van der Waals surface area contributed by atoms with Crippen LogP contribution in [0.3, 0.4) is 0 Å². The number of aromatic nitrogens is 4. The van der Waals surface area contributed by atoms with Crippen molar-refractivity contribution in [3.63, 3.8) is 0 Å². The summed E-state index contributed by atoms with van der Waals surface area (Å²) in [6, 6.07) is 6.87. The van der Waals surface area contributed by atoms with Crippen molar-refractivity contribution in [3.05, 3.63) is 52.2 Å². The van der Waals surface area contributed by atoms with Crippen molar-refractivity contribution in [2.24, 2.45) is 7.05 Å². The Kier molecular flexibility index (Phi) is 3.55. The largest absolute Gasteiger partial charge is 0.401 e. The van der Waals surface area contributed by atoms with Crippen molar-refractivity contribution in [2.75, 3.05) is 5.32 Å². The number of nitro benzene ring substituents is 1. The number of nitro groups is 1. The number of hydrogen-bond donors (Lipinski definition) is 1. The molecule has 23 heavy (non-hydrogen) atoms. The van der Waals surface area contributed by atoms with Crippen molar-refractivity contribution in [2.45, 2.75) is 0 Å². The number of nitrogens with one attached hydrogen (secondary N) is 1. The van der Waals surface area contributed by atoms with Gasteiger partial charge in [0.2, 0.25) is 0 Å². The molecule has 1 aromatic carbocycles. The van der Waals surface area contributed by atoms with E-state index in [9.17, 15) is 14.9 Å². The second-order valence-corrected chi connectivity index (χ2v) is 4.55. The third-order valence-electron chi connectivity index (χ3n) is 2.90. The van der Waals surface area contributed by atoms with Crippen LogP contribution in [0.15, 0.2) is 40.9 Å². The van der Waals surface area contributed by atoms with Crippen molar-refractivity contribution in [1.82, 2.24) is 20.0 Å². The highest BCUT2D eigenvalue weighted by molar-refractivity contribution is 6.03. The van der Waals surface area contributed by atoms with Crippen LogP contribution in [-0.2, 0) is 7.05 Å². The molecule has 10 nitrogen and oxygen atoms in total. The molecule has 3 rings (SSSR count). The van der Waals surface area contributed by atoms with Gasteiger partial charge in [0.1, 0.15) is 5.69 Å². The van der Waals surface area contributed by atoms with Crippen LogP contribution in [0.2, 0.25) is 0 Å². The van der Waals surface area contributed by atoms with Gasteiger partial charge < -0.3 is 4.42 Å². The number of amides is 1. The van der Waals surface area contributed by atoms with Crippen LogP contribution in [0.5, 0.6) is 0 Å². The molecule has 2 aromatic heterocycles. The summed E-state index contributed by atoms with van der Waals surface area (Å²) in [5.41, 5.74) is 0.394. The standard InChI is InChI=1S/C13H10N6O4/c1-18-6-5-10(17-18)12-15-16-13(23-12)14-11(20)8-3-2-4-9(7-8)19(21)22/h2-7H,1H3,(H,14,16,20). The third-order valence-corrected chi connectivity index (χ3v) is 2.90. The van der Waals surface area contributed by atoms with Crippen molar-refractivity contribution in [1.29, 1.82) is 0 Å². The van der Waals surface area contributed by atoms with E-state index in [1.165, 1.54) is 18.2 Å². The molecule has 0 unspecified atom stereocenters. The van der Waals surface area contributed by atoms with Gasteiger partial charge in [-0.25, -0.2) is 0 Å². The Morgan fingerprint density at radius 1 is 1.35 bits per heavy atom. The fraction of sp³-hybridized carbons (Fsp3) is 0.0769. The van der Waals surface area contributed by atoms with E-state index >= 15 is 0 Å². The van der Waals surface area contributed by atoms with Crippen LogP contribution < -0.4 is 5.32 Å². The predicted molar refractivity (Wildman–Crippen MR) is 77.5 cm³/mol. The molecule has 116 valence electrons. The summed E-state index contributed by atoms with van der Waals surface area (Å²) < 4.78 is 6.86. The molecule has 0 aliphatic heterocycles. The summed E-state index contributed by atoms with van der Waals surface area (Å²) in [6.45, 7) is 0. The molecular formula is C13H10N6O4. The van der Waals surface area contributed by atoms with Crippen LogP contribution >= 0.6 is 0 Å². The van der Waals surface area contributed by atoms with Gasteiger partial charge in [-0.05, 0) is 12.1 Å². The number of aryl methyl sites for hydroxylation is 1. The molecule has 1 N–H and O–H groups in total. The zero-order chi connectivity index (χ0) is 16.4. The minimum atomic E-state index is -0.593. The quantitative estimate of drug-likeness (QED) is 0.572. The highest BCUT2D eigenvalue weighted by Gasteiger charge is 2.16. The van der Waals surface area contributed by atoms with E-state index in [1.54, 1.807) is 24.0 Å². The first-order chi connectivity index (χ1) is 11.0. The van der Waals surface area contributed by atoms with E-state index in [-0.39, 0.29) is 23.2 Å². The number of rotatable bonds is 4. The van der Waals surface area contributed by atoms with Gasteiger partial charge in [-0.3, -0.25) is 24.9 Å². The molecule has 2 heterocycles.